The summed E-state index contributed by atoms with van der Waals surface area (Å²) in [6, 6.07) is 9.22. The van der Waals surface area contributed by atoms with Crippen molar-refractivity contribution in [3.8, 4) is 5.75 Å². The summed E-state index contributed by atoms with van der Waals surface area (Å²) in [6.45, 7) is 5.34. The Bertz CT molecular complexity index is 1140. The lowest BCUT2D eigenvalue weighted by molar-refractivity contribution is -0.145. The standard InChI is InChI=1S/C23H21BrN2O6/c1-4-31-20(27)12-32-19-8-6-16(24)10-15(19)11-18-21(28)25-23(30)26(22(18)29)17-7-5-13(2)14(3)9-17/h5-11H,4,12H2,1-3H3,(H,25,28,30)/b18-11+. The van der Waals surface area contributed by atoms with Crippen LogP contribution in [-0.4, -0.2) is 37.0 Å². The van der Waals surface area contributed by atoms with E-state index in [0.29, 0.717) is 15.7 Å². The number of benzene rings is 2. The number of esters is 1. The second-order valence-corrected chi connectivity index (χ2v) is 7.92. The van der Waals surface area contributed by atoms with Crippen LogP contribution in [0.15, 0.2) is 46.4 Å². The van der Waals surface area contributed by atoms with Crippen molar-refractivity contribution in [2.75, 3.05) is 18.1 Å². The van der Waals surface area contributed by atoms with Gasteiger partial charge >= 0.3 is 12.0 Å². The zero-order chi connectivity index (χ0) is 23.4. The number of imide groups is 2. The minimum atomic E-state index is -0.826. The molecule has 0 atom stereocenters. The van der Waals surface area contributed by atoms with Crippen molar-refractivity contribution >= 4 is 51.5 Å². The molecule has 3 rings (SSSR count). The van der Waals surface area contributed by atoms with Crippen molar-refractivity contribution in [3.63, 3.8) is 0 Å². The molecule has 4 amide bonds. The highest BCUT2D eigenvalue weighted by Gasteiger charge is 2.37. The molecule has 1 saturated heterocycles. The van der Waals surface area contributed by atoms with Gasteiger partial charge in [0.1, 0.15) is 11.3 Å². The van der Waals surface area contributed by atoms with Gasteiger partial charge in [-0.05, 0) is 68.3 Å². The minimum Gasteiger partial charge on any atom is -0.481 e. The van der Waals surface area contributed by atoms with E-state index in [1.165, 1.54) is 6.08 Å². The number of amides is 4. The number of urea groups is 1. The number of nitrogens with zero attached hydrogens (tertiary/aromatic N) is 1. The van der Waals surface area contributed by atoms with Gasteiger partial charge in [-0.3, -0.25) is 14.9 Å². The molecule has 0 saturated carbocycles. The first-order chi connectivity index (χ1) is 15.2. The number of carbonyl (C=O) groups is 4. The number of ether oxygens (including phenoxy) is 2. The Balaban J connectivity index is 1.98. The molecular formula is C23H21BrN2O6. The van der Waals surface area contributed by atoms with Crippen LogP contribution in [0, 0.1) is 13.8 Å². The van der Waals surface area contributed by atoms with E-state index >= 15 is 0 Å². The van der Waals surface area contributed by atoms with Crippen LogP contribution < -0.4 is 15.0 Å². The van der Waals surface area contributed by atoms with Gasteiger partial charge < -0.3 is 9.47 Å². The number of barbiturate groups is 1. The maximum Gasteiger partial charge on any atom is 0.344 e. The van der Waals surface area contributed by atoms with Gasteiger partial charge in [-0.2, -0.15) is 0 Å². The molecule has 0 aliphatic carbocycles. The first-order valence-electron chi connectivity index (χ1n) is 9.78. The lowest BCUT2D eigenvalue weighted by Crippen LogP contribution is -2.54. The zero-order valence-electron chi connectivity index (χ0n) is 17.7. The number of carbonyl (C=O) groups excluding carboxylic acids is 4. The maximum atomic E-state index is 13.1. The summed E-state index contributed by atoms with van der Waals surface area (Å²) in [7, 11) is 0. The number of aryl methyl sites for hydroxylation is 2. The van der Waals surface area contributed by atoms with Crippen LogP contribution in [0.1, 0.15) is 23.6 Å². The summed E-state index contributed by atoms with van der Waals surface area (Å²) in [5.41, 5.74) is 2.37. The molecule has 32 heavy (non-hydrogen) atoms. The van der Waals surface area contributed by atoms with Crippen LogP contribution in [-0.2, 0) is 19.1 Å². The first-order valence-corrected chi connectivity index (χ1v) is 10.6. The molecule has 1 aliphatic heterocycles. The molecule has 0 spiro atoms. The summed E-state index contributed by atoms with van der Waals surface area (Å²) in [5.74, 6) is -1.87. The van der Waals surface area contributed by atoms with E-state index in [4.69, 9.17) is 9.47 Å². The highest BCUT2D eigenvalue weighted by Crippen LogP contribution is 2.28. The van der Waals surface area contributed by atoms with Crippen molar-refractivity contribution in [2.24, 2.45) is 0 Å². The normalized spacial score (nSPS) is 15.1. The summed E-state index contributed by atoms with van der Waals surface area (Å²) in [5, 5.41) is 2.20. The van der Waals surface area contributed by atoms with Crippen molar-refractivity contribution in [1.29, 1.82) is 0 Å². The van der Waals surface area contributed by atoms with Crippen LogP contribution in [0.25, 0.3) is 6.08 Å². The zero-order valence-corrected chi connectivity index (χ0v) is 19.3. The van der Waals surface area contributed by atoms with Crippen molar-refractivity contribution in [2.45, 2.75) is 20.8 Å². The van der Waals surface area contributed by atoms with Gasteiger partial charge in [0, 0.05) is 10.0 Å². The fraction of sp³-hybridized carbons (Fsp3) is 0.217. The fourth-order valence-corrected chi connectivity index (χ4v) is 3.39. The minimum absolute atomic E-state index is 0.219. The summed E-state index contributed by atoms with van der Waals surface area (Å²) in [4.78, 5) is 50.6. The number of hydrogen-bond acceptors (Lipinski definition) is 6. The van der Waals surface area contributed by atoms with Gasteiger partial charge in [-0.25, -0.2) is 14.5 Å². The van der Waals surface area contributed by atoms with E-state index in [9.17, 15) is 19.2 Å². The number of halogens is 1. The van der Waals surface area contributed by atoms with Gasteiger partial charge in [0.25, 0.3) is 11.8 Å². The Morgan fingerprint density at radius 2 is 1.84 bits per heavy atom. The third kappa shape index (κ3) is 5.05. The fourth-order valence-electron chi connectivity index (χ4n) is 3.02. The Hall–Kier alpha value is -3.46. The highest BCUT2D eigenvalue weighted by molar-refractivity contribution is 9.10. The Morgan fingerprint density at radius 3 is 2.53 bits per heavy atom. The summed E-state index contributed by atoms with van der Waals surface area (Å²) in [6.07, 6.45) is 1.32. The topological polar surface area (TPSA) is 102 Å². The molecular weight excluding hydrogens is 480 g/mol. The molecule has 1 aliphatic rings. The number of hydrogen-bond donors (Lipinski definition) is 1. The molecule has 2 aromatic carbocycles. The molecule has 1 fully saturated rings. The van der Waals surface area contributed by atoms with Crippen molar-refractivity contribution in [3.05, 3.63) is 63.1 Å². The van der Waals surface area contributed by atoms with Crippen molar-refractivity contribution < 1.29 is 28.7 Å². The summed E-state index contributed by atoms with van der Waals surface area (Å²) >= 11 is 3.34. The number of nitrogens with one attached hydrogen (secondary N) is 1. The number of anilines is 1. The molecule has 1 heterocycles. The predicted octanol–water partition coefficient (Wildman–Crippen LogP) is 3.67. The molecule has 2 aromatic rings. The van der Waals surface area contributed by atoms with Crippen LogP contribution in [0.5, 0.6) is 5.75 Å². The predicted molar refractivity (Wildman–Crippen MR) is 121 cm³/mol. The van der Waals surface area contributed by atoms with Crippen LogP contribution >= 0.6 is 15.9 Å². The van der Waals surface area contributed by atoms with Gasteiger partial charge in [0.15, 0.2) is 6.61 Å². The Labute approximate surface area is 193 Å². The lowest BCUT2D eigenvalue weighted by atomic mass is 10.0. The van der Waals surface area contributed by atoms with E-state index in [0.717, 1.165) is 16.0 Å². The van der Waals surface area contributed by atoms with E-state index in [-0.39, 0.29) is 24.5 Å². The second-order valence-electron chi connectivity index (χ2n) is 7.00. The largest absolute Gasteiger partial charge is 0.481 e. The molecule has 9 heteroatoms. The molecule has 1 N–H and O–H groups in total. The van der Waals surface area contributed by atoms with Gasteiger partial charge in [0.2, 0.25) is 0 Å². The SMILES string of the molecule is CCOC(=O)COc1ccc(Br)cc1/C=C1\C(=O)NC(=O)N(c2ccc(C)c(C)c2)C1=O. The molecule has 0 radical (unpaired) electrons. The maximum absolute atomic E-state index is 13.1. The first kappa shape index (κ1) is 23.2. The molecule has 166 valence electrons. The third-order valence-electron chi connectivity index (χ3n) is 4.77. The van der Waals surface area contributed by atoms with E-state index < -0.39 is 23.8 Å². The van der Waals surface area contributed by atoms with E-state index in [2.05, 4.69) is 21.2 Å². The summed E-state index contributed by atoms with van der Waals surface area (Å²) < 4.78 is 11.0. The van der Waals surface area contributed by atoms with Crippen LogP contribution in [0.4, 0.5) is 10.5 Å². The third-order valence-corrected chi connectivity index (χ3v) is 5.27. The van der Waals surface area contributed by atoms with Gasteiger partial charge in [-0.15, -0.1) is 0 Å². The van der Waals surface area contributed by atoms with Gasteiger partial charge in [0.05, 0.1) is 12.3 Å². The average Bonchev–Trinajstić information content (AvgIpc) is 2.73. The smallest absolute Gasteiger partial charge is 0.344 e. The van der Waals surface area contributed by atoms with Crippen molar-refractivity contribution in [1.82, 2.24) is 5.32 Å². The van der Waals surface area contributed by atoms with E-state index in [1.54, 1.807) is 43.3 Å². The highest BCUT2D eigenvalue weighted by atomic mass is 79.9. The second kappa shape index (κ2) is 9.78. The van der Waals surface area contributed by atoms with E-state index in [1.807, 2.05) is 13.8 Å². The Morgan fingerprint density at radius 1 is 1.09 bits per heavy atom. The molecule has 8 nitrogen and oxygen atoms in total. The average molecular weight is 501 g/mol. The van der Waals surface area contributed by atoms with Gasteiger partial charge in [-0.1, -0.05) is 22.0 Å². The monoisotopic (exact) mass is 500 g/mol. The lowest BCUT2D eigenvalue weighted by Gasteiger charge is -2.27. The Kier molecular flexibility index (Phi) is 7.09. The molecule has 0 unspecified atom stereocenters. The quantitative estimate of drug-likeness (QED) is 0.368. The van der Waals surface area contributed by atoms with Crippen LogP contribution in [0.3, 0.4) is 0 Å². The van der Waals surface area contributed by atoms with Crippen LogP contribution in [0.2, 0.25) is 0 Å². The molecule has 0 bridgehead atoms. The molecule has 0 aromatic heterocycles. The number of rotatable bonds is 6.